The van der Waals surface area contributed by atoms with E-state index in [1.54, 1.807) is 0 Å². The molecule has 0 saturated carbocycles. The number of hydroxylamine groups is 1. The molecule has 0 bridgehead atoms. The van der Waals surface area contributed by atoms with Gasteiger partial charge in [-0.1, -0.05) is 30.3 Å². The second kappa shape index (κ2) is 4.84. The number of nitrogens with zero attached hydrogens (tertiary/aromatic N) is 1. The molecule has 0 atom stereocenters. The smallest absolute Gasteiger partial charge is 0.266 e. The van der Waals surface area contributed by atoms with E-state index in [2.05, 4.69) is 4.84 Å². The Morgan fingerprint density at radius 2 is 2.08 bits per heavy atom. The van der Waals surface area contributed by atoms with Gasteiger partial charge >= 0.3 is 0 Å². The third-order valence-corrected chi connectivity index (χ3v) is 1.88. The van der Waals surface area contributed by atoms with Crippen LogP contribution in [-0.4, -0.2) is 17.6 Å². The summed E-state index contributed by atoms with van der Waals surface area (Å²) in [6.45, 7) is 0. The lowest BCUT2D eigenvalue weighted by Crippen LogP contribution is -2.21. The molecule has 0 fully saturated rings. The highest BCUT2D eigenvalue weighted by atomic mass is 35.5. The Balaban J connectivity index is 2.55. The Morgan fingerprint density at radius 3 is 2.62 bits per heavy atom. The molecule has 1 aromatic rings. The number of hydrogen-bond donors (Lipinski definition) is 0. The number of rotatable bonds is 3. The number of hydrogen-bond acceptors (Lipinski definition) is 2. The third kappa shape index (κ3) is 3.05. The molecule has 0 aliphatic carbocycles. The molecule has 4 heteroatoms. The Morgan fingerprint density at radius 1 is 1.46 bits per heavy atom. The molecular formula is C9H10ClNO2. The van der Waals surface area contributed by atoms with Gasteiger partial charge in [0.05, 0.1) is 13.5 Å². The molecule has 1 amide bonds. The van der Waals surface area contributed by atoms with Gasteiger partial charge in [-0.3, -0.25) is 9.63 Å². The van der Waals surface area contributed by atoms with Crippen molar-refractivity contribution in [3.8, 4) is 0 Å². The van der Waals surface area contributed by atoms with Gasteiger partial charge < -0.3 is 0 Å². The quantitative estimate of drug-likeness (QED) is 0.549. The SMILES string of the molecule is CON(Cl)C(=O)Cc1ccccc1. The van der Waals surface area contributed by atoms with Gasteiger partial charge in [-0.15, -0.1) is 4.58 Å². The molecule has 70 valence electrons. The van der Waals surface area contributed by atoms with Crippen molar-refractivity contribution in [1.29, 1.82) is 0 Å². The molecule has 0 unspecified atom stereocenters. The van der Waals surface area contributed by atoms with Gasteiger partial charge in [-0.05, 0) is 5.56 Å². The first kappa shape index (κ1) is 10.0. The van der Waals surface area contributed by atoms with Crippen LogP contribution in [0.4, 0.5) is 0 Å². The predicted octanol–water partition coefficient (Wildman–Crippen LogP) is 1.77. The van der Waals surface area contributed by atoms with Crippen molar-refractivity contribution in [1.82, 2.24) is 4.58 Å². The first-order valence-corrected chi connectivity index (χ1v) is 4.14. The van der Waals surface area contributed by atoms with Gasteiger partial charge in [-0.2, -0.15) is 0 Å². The fourth-order valence-electron chi connectivity index (χ4n) is 0.934. The standard InChI is InChI=1S/C9H10ClNO2/c1-13-11(10)9(12)7-8-5-3-2-4-6-8/h2-6H,7H2,1H3. The number of amides is 1. The average Bonchev–Trinajstić information content (AvgIpc) is 2.18. The highest BCUT2D eigenvalue weighted by Crippen LogP contribution is 2.04. The van der Waals surface area contributed by atoms with Gasteiger partial charge in [0.1, 0.15) is 0 Å². The molecule has 0 N–H and O–H groups in total. The van der Waals surface area contributed by atoms with Crippen molar-refractivity contribution >= 4 is 17.7 Å². The van der Waals surface area contributed by atoms with E-state index in [9.17, 15) is 4.79 Å². The minimum atomic E-state index is -0.282. The van der Waals surface area contributed by atoms with Crippen LogP contribution in [0, 0.1) is 0 Å². The van der Waals surface area contributed by atoms with Crippen LogP contribution in [0.25, 0.3) is 0 Å². The zero-order valence-corrected chi connectivity index (χ0v) is 7.99. The fourth-order valence-corrected chi connectivity index (χ4v) is 0.994. The van der Waals surface area contributed by atoms with Crippen molar-refractivity contribution in [2.75, 3.05) is 7.11 Å². The molecule has 3 nitrogen and oxygen atoms in total. The predicted molar refractivity (Wildman–Crippen MR) is 49.9 cm³/mol. The number of carbonyl (C=O) groups is 1. The Kier molecular flexibility index (Phi) is 3.73. The summed E-state index contributed by atoms with van der Waals surface area (Å²) in [6.07, 6.45) is 0.248. The van der Waals surface area contributed by atoms with Gasteiger partial charge in [0.15, 0.2) is 0 Å². The van der Waals surface area contributed by atoms with E-state index in [4.69, 9.17) is 11.8 Å². The van der Waals surface area contributed by atoms with Crippen molar-refractivity contribution in [3.05, 3.63) is 35.9 Å². The van der Waals surface area contributed by atoms with Crippen molar-refractivity contribution in [3.63, 3.8) is 0 Å². The van der Waals surface area contributed by atoms with Crippen LogP contribution in [-0.2, 0) is 16.1 Å². The summed E-state index contributed by atoms with van der Waals surface area (Å²) in [5.41, 5.74) is 0.912. The monoisotopic (exact) mass is 199 g/mol. The Bertz CT molecular complexity index is 276. The van der Waals surface area contributed by atoms with Crippen LogP contribution in [0.15, 0.2) is 30.3 Å². The molecule has 0 spiro atoms. The first-order chi connectivity index (χ1) is 6.24. The lowest BCUT2D eigenvalue weighted by molar-refractivity contribution is -0.151. The van der Waals surface area contributed by atoms with E-state index in [1.807, 2.05) is 30.3 Å². The van der Waals surface area contributed by atoms with E-state index in [0.29, 0.717) is 4.58 Å². The topological polar surface area (TPSA) is 29.5 Å². The Hall–Kier alpha value is -1.06. The van der Waals surface area contributed by atoms with Crippen LogP contribution >= 0.6 is 11.8 Å². The van der Waals surface area contributed by atoms with E-state index < -0.39 is 0 Å². The van der Waals surface area contributed by atoms with Gasteiger partial charge in [0.25, 0.3) is 5.91 Å². The van der Waals surface area contributed by atoms with Crippen LogP contribution in [0.3, 0.4) is 0 Å². The summed E-state index contributed by atoms with van der Waals surface area (Å²) >= 11 is 5.43. The summed E-state index contributed by atoms with van der Waals surface area (Å²) in [7, 11) is 1.34. The van der Waals surface area contributed by atoms with E-state index in [1.165, 1.54) is 7.11 Å². The largest absolute Gasteiger partial charge is 0.271 e. The first-order valence-electron chi connectivity index (χ1n) is 3.81. The highest BCUT2D eigenvalue weighted by Gasteiger charge is 2.10. The van der Waals surface area contributed by atoms with Gasteiger partial charge in [0.2, 0.25) is 0 Å². The van der Waals surface area contributed by atoms with Gasteiger partial charge in [-0.25, -0.2) is 0 Å². The van der Waals surface area contributed by atoms with Crippen LogP contribution in [0.1, 0.15) is 5.56 Å². The second-order valence-electron chi connectivity index (χ2n) is 2.48. The molecule has 0 aromatic heterocycles. The summed E-state index contributed by atoms with van der Waals surface area (Å²) in [5, 5.41) is 0. The summed E-state index contributed by atoms with van der Waals surface area (Å²) in [5.74, 6) is -0.282. The highest BCUT2D eigenvalue weighted by molar-refractivity contribution is 6.20. The molecule has 13 heavy (non-hydrogen) atoms. The van der Waals surface area contributed by atoms with E-state index in [0.717, 1.165) is 5.56 Å². The minimum Gasteiger partial charge on any atom is -0.271 e. The molecule has 0 heterocycles. The van der Waals surface area contributed by atoms with E-state index in [-0.39, 0.29) is 12.3 Å². The number of carbonyl (C=O) groups excluding carboxylic acids is 1. The third-order valence-electron chi connectivity index (χ3n) is 1.55. The van der Waals surface area contributed by atoms with Crippen molar-refractivity contribution in [2.45, 2.75) is 6.42 Å². The number of halogens is 1. The number of benzene rings is 1. The van der Waals surface area contributed by atoms with E-state index >= 15 is 0 Å². The van der Waals surface area contributed by atoms with Crippen LogP contribution in [0.5, 0.6) is 0 Å². The molecule has 1 rings (SSSR count). The lowest BCUT2D eigenvalue weighted by Gasteiger charge is -2.09. The van der Waals surface area contributed by atoms with Crippen LogP contribution in [0.2, 0.25) is 0 Å². The molecule has 0 radical (unpaired) electrons. The van der Waals surface area contributed by atoms with Crippen molar-refractivity contribution < 1.29 is 9.63 Å². The maximum absolute atomic E-state index is 11.2. The zero-order chi connectivity index (χ0) is 9.68. The average molecular weight is 200 g/mol. The molecule has 0 aliphatic heterocycles. The van der Waals surface area contributed by atoms with Gasteiger partial charge in [0, 0.05) is 11.8 Å². The maximum atomic E-state index is 11.2. The second-order valence-corrected chi connectivity index (χ2v) is 2.79. The Labute approximate surface area is 81.9 Å². The summed E-state index contributed by atoms with van der Waals surface area (Å²) in [4.78, 5) is 15.7. The molecule has 0 saturated heterocycles. The zero-order valence-electron chi connectivity index (χ0n) is 7.24. The minimum absolute atomic E-state index is 0.248. The normalized spacial score (nSPS) is 9.69. The summed E-state index contributed by atoms with van der Waals surface area (Å²) < 4.78 is 0.701. The summed E-state index contributed by atoms with van der Waals surface area (Å²) in [6, 6.07) is 9.35. The molecule has 1 aromatic carbocycles. The molecular weight excluding hydrogens is 190 g/mol. The lowest BCUT2D eigenvalue weighted by atomic mass is 10.1. The van der Waals surface area contributed by atoms with Crippen LogP contribution < -0.4 is 0 Å². The fraction of sp³-hybridized carbons (Fsp3) is 0.222. The van der Waals surface area contributed by atoms with Crippen molar-refractivity contribution in [2.24, 2.45) is 0 Å². The molecule has 0 aliphatic rings. The maximum Gasteiger partial charge on any atom is 0.266 e.